The van der Waals surface area contributed by atoms with E-state index in [0.29, 0.717) is 57.6 Å². The van der Waals surface area contributed by atoms with E-state index in [-0.39, 0.29) is 33.0 Å². The molecule has 38 heavy (non-hydrogen) atoms. The van der Waals surface area contributed by atoms with Crippen LogP contribution in [0.5, 0.6) is 0 Å². The van der Waals surface area contributed by atoms with Crippen molar-refractivity contribution in [3.8, 4) is 0 Å². The molecule has 0 bridgehead atoms. The van der Waals surface area contributed by atoms with E-state index < -0.39 is 30.0 Å². The quantitative estimate of drug-likeness (QED) is 0.170. The SMILES string of the molecule is O=C(O)c1ccc2c3ccc(C(=O)O)c4c(C(=O)O)cc(C5CNCCO5)c(c5ccc(C(=O)O)c1c25)c43. The van der Waals surface area contributed by atoms with Gasteiger partial charge in [0.15, 0.2) is 0 Å². The van der Waals surface area contributed by atoms with Crippen LogP contribution >= 0.6 is 0 Å². The number of carboxylic acid groups (broad SMARTS) is 4. The minimum atomic E-state index is -1.31. The number of carboxylic acids is 4. The Bertz CT molecular complexity index is 1850. The summed E-state index contributed by atoms with van der Waals surface area (Å²) in [6.45, 7) is 1.32. The second-order valence-electron chi connectivity index (χ2n) is 9.15. The first-order chi connectivity index (χ1) is 18.2. The Morgan fingerprint density at radius 2 is 1.13 bits per heavy atom. The van der Waals surface area contributed by atoms with E-state index >= 15 is 0 Å². The molecular formula is C28H19NO9. The van der Waals surface area contributed by atoms with Gasteiger partial charge in [-0.05, 0) is 62.1 Å². The van der Waals surface area contributed by atoms with E-state index in [4.69, 9.17) is 4.74 Å². The molecular weight excluding hydrogens is 494 g/mol. The average molecular weight is 513 g/mol. The van der Waals surface area contributed by atoms with E-state index in [2.05, 4.69) is 5.32 Å². The first-order valence-electron chi connectivity index (χ1n) is 11.7. The molecule has 1 aliphatic rings. The summed E-state index contributed by atoms with van der Waals surface area (Å²) in [6, 6.07) is 10.0. The first-order valence-corrected chi connectivity index (χ1v) is 11.7. The summed E-state index contributed by atoms with van der Waals surface area (Å²) < 4.78 is 5.98. The smallest absolute Gasteiger partial charge is 0.336 e. The zero-order chi connectivity index (χ0) is 26.9. The fraction of sp³-hybridized carbons (Fsp3) is 0.143. The normalized spacial score (nSPS) is 15.9. The fourth-order valence-electron chi connectivity index (χ4n) is 5.75. The van der Waals surface area contributed by atoms with Crippen molar-refractivity contribution in [1.82, 2.24) is 5.32 Å². The molecule has 1 aliphatic heterocycles. The minimum absolute atomic E-state index is 0.0356. The van der Waals surface area contributed by atoms with E-state index in [1.807, 2.05) is 0 Å². The van der Waals surface area contributed by atoms with Crippen molar-refractivity contribution in [2.24, 2.45) is 0 Å². The maximum atomic E-state index is 12.4. The van der Waals surface area contributed by atoms with Crippen LogP contribution in [0.1, 0.15) is 53.1 Å². The molecule has 5 aromatic carbocycles. The Hall–Kier alpha value is -4.80. The third kappa shape index (κ3) is 3.21. The lowest BCUT2D eigenvalue weighted by Crippen LogP contribution is -2.33. The highest BCUT2D eigenvalue weighted by Gasteiger charge is 2.29. The number of hydrogen-bond donors (Lipinski definition) is 5. The zero-order valence-electron chi connectivity index (χ0n) is 19.6. The number of ether oxygens (including phenoxy) is 1. The van der Waals surface area contributed by atoms with E-state index in [9.17, 15) is 39.6 Å². The highest BCUT2D eigenvalue weighted by Crippen LogP contribution is 2.47. The molecule has 1 unspecified atom stereocenters. The molecule has 0 radical (unpaired) electrons. The lowest BCUT2D eigenvalue weighted by molar-refractivity contribution is 0.0286. The molecule has 0 amide bonds. The Kier molecular flexibility index (Phi) is 5.20. The van der Waals surface area contributed by atoms with E-state index in [0.717, 1.165) is 0 Å². The maximum Gasteiger partial charge on any atom is 0.336 e. The molecule has 1 heterocycles. The highest BCUT2D eigenvalue weighted by atomic mass is 16.5. The van der Waals surface area contributed by atoms with Gasteiger partial charge in [-0.1, -0.05) is 18.2 Å². The molecule has 10 nitrogen and oxygen atoms in total. The van der Waals surface area contributed by atoms with Gasteiger partial charge < -0.3 is 30.5 Å². The number of aromatic carboxylic acids is 4. The molecule has 10 heteroatoms. The van der Waals surface area contributed by atoms with E-state index in [1.165, 1.54) is 24.3 Å². The second-order valence-corrected chi connectivity index (χ2v) is 9.15. The molecule has 190 valence electrons. The Morgan fingerprint density at radius 1 is 0.632 bits per heavy atom. The van der Waals surface area contributed by atoms with Gasteiger partial charge in [-0.3, -0.25) is 0 Å². The van der Waals surface area contributed by atoms with Gasteiger partial charge in [-0.15, -0.1) is 0 Å². The summed E-state index contributed by atoms with van der Waals surface area (Å²) in [5.74, 6) is -5.20. The molecule has 0 spiro atoms. The van der Waals surface area contributed by atoms with Crippen LogP contribution in [-0.4, -0.2) is 64.0 Å². The summed E-state index contributed by atoms with van der Waals surface area (Å²) in [5, 5.41) is 45.9. The summed E-state index contributed by atoms with van der Waals surface area (Å²) in [6.07, 6.45) is -0.582. The van der Waals surface area contributed by atoms with Crippen LogP contribution in [0.3, 0.4) is 0 Å². The lowest BCUT2D eigenvalue weighted by Gasteiger charge is -2.28. The largest absolute Gasteiger partial charge is 0.478 e. The van der Waals surface area contributed by atoms with Crippen molar-refractivity contribution in [3.05, 3.63) is 70.3 Å². The Morgan fingerprint density at radius 3 is 1.63 bits per heavy atom. The molecule has 1 saturated heterocycles. The van der Waals surface area contributed by atoms with Crippen LogP contribution in [0.4, 0.5) is 0 Å². The first kappa shape index (κ1) is 23.6. The van der Waals surface area contributed by atoms with Gasteiger partial charge in [0.25, 0.3) is 0 Å². The summed E-state index contributed by atoms with van der Waals surface area (Å²) in [7, 11) is 0. The van der Waals surface area contributed by atoms with Crippen molar-refractivity contribution < 1.29 is 44.3 Å². The average Bonchev–Trinajstić information content (AvgIpc) is 2.90. The van der Waals surface area contributed by atoms with Gasteiger partial charge in [0.2, 0.25) is 0 Å². The second kappa shape index (κ2) is 8.37. The topological polar surface area (TPSA) is 170 Å². The fourth-order valence-corrected chi connectivity index (χ4v) is 5.75. The van der Waals surface area contributed by atoms with Gasteiger partial charge in [0, 0.05) is 23.9 Å². The summed E-state index contributed by atoms with van der Waals surface area (Å²) in [5.41, 5.74) is -0.285. The van der Waals surface area contributed by atoms with Gasteiger partial charge in [0.05, 0.1) is 35.0 Å². The minimum Gasteiger partial charge on any atom is -0.478 e. The van der Waals surface area contributed by atoms with Crippen LogP contribution in [-0.2, 0) is 4.74 Å². The van der Waals surface area contributed by atoms with Crippen molar-refractivity contribution >= 4 is 67.0 Å². The number of nitrogens with one attached hydrogen (secondary N) is 1. The van der Waals surface area contributed by atoms with Crippen molar-refractivity contribution in [2.75, 3.05) is 19.7 Å². The van der Waals surface area contributed by atoms with Gasteiger partial charge in [-0.2, -0.15) is 0 Å². The third-order valence-corrected chi connectivity index (χ3v) is 7.23. The van der Waals surface area contributed by atoms with Crippen LogP contribution in [0.25, 0.3) is 43.1 Å². The molecule has 5 N–H and O–H groups in total. The number of rotatable bonds is 5. The van der Waals surface area contributed by atoms with Gasteiger partial charge >= 0.3 is 23.9 Å². The number of fused-ring (bicyclic) bond motifs is 2. The van der Waals surface area contributed by atoms with Crippen LogP contribution in [0, 0.1) is 0 Å². The molecule has 0 saturated carbocycles. The number of benzene rings is 5. The molecule has 5 aromatic rings. The molecule has 6 rings (SSSR count). The summed E-state index contributed by atoms with van der Waals surface area (Å²) in [4.78, 5) is 49.0. The third-order valence-electron chi connectivity index (χ3n) is 7.23. The van der Waals surface area contributed by atoms with Crippen LogP contribution < -0.4 is 5.32 Å². The molecule has 1 fully saturated rings. The van der Waals surface area contributed by atoms with Crippen LogP contribution in [0.2, 0.25) is 0 Å². The van der Waals surface area contributed by atoms with Crippen molar-refractivity contribution in [2.45, 2.75) is 6.10 Å². The highest BCUT2D eigenvalue weighted by molar-refractivity contribution is 6.38. The number of hydrogen-bond acceptors (Lipinski definition) is 6. The van der Waals surface area contributed by atoms with Crippen molar-refractivity contribution in [3.63, 3.8) is 0 Å². The molecule has 0 aromatic heterocycles. The van der Waals surface area contributed by atoms with Gasteiger partial charge in [0.1, 0.15) is 0 Å². The molecule has 1 atom stereocenters. The summed E-state index contributed by atoms with van der Waals surface area (Å²) >= 11 is 0. The zero-order valence-corrected chi connectivity index (χ0v) is 19.6. The Balaban J connectivity index is 1.96. The van der Waals surface area contributed by atoms with Gasteiger partial charge in [-0.25, -0.2) is 19.2 Å². The van der Waals surface area contributed by atoms with Crippen LogP contribution in [0.15, 0.2) is 42.5 Å². The van der Waals surface area contributed by atoms with Crippen molar-refractivity contribution in [1.29, 1.82) is 0 Å². The maximum absolute atomic E-state index is 12.4. The predicted octanol–water partition coefficient (Wildman–Crippen LogP) is 4.19. The Labute approximate surface area is 213 Å². The predicted molar refractivity (Wildman–Crippen MR) is 137 cm³/mol. The number of carbonyl (C=O) groups is 4. The monoisotopic (exact) mass is 513 g/mol. The number of morpholine rings is 1. The lowest BCUT2D eigenvalue weighted by atomic mass is 9.81. The van der Waals surface area contributed by atoms with E-state index in [1.54, 1.807) is 18.2 Å². The molecule has 0 aliphatic carbocycles. The standard InChI is InChI=1S/C28H19NO9/c30-25(31)14-4-1-11-12-2-5-16(27(34)35)23-18(28(36)37)9-17(19-10-29-7-8-38-19)21(24(12)23)13-3-6-15(26(32)33)22(14)20(11)13/h1-6,9,19,29H,7-8,10H2,(H,30,31)(H,32,33)(H,34,35)(H,36,37).